The zero-order valence-electron chi connectivity index (χ0n) is 27.3. The molecule has 0 N–H and O–H groups in total. The molecule has 3 aliphatic carbocycles. The van der Waals surface area contributed by atoms with Gasteiger partial charge in [0, 0.05) is 28.2 Å². The molecule has 3 aliphatic rings. The van der Waals surface area contributed by atoms with Crippen LogP contribution in [0.4, 0.5) is 0 Å². The zero-order valence-corrected chi connectivity index (χ0v) is 27.3. The summed E-state index contributed by atoms with van der Waals surface area (Å²) in [5.41, 5.74) is 14.8. The lowest BCUT2D eigenvalue weighted by Crippen LogP contribution is -2.43. The maximum Gasteiger partial charge on any atom is 0.0702 e. The van der Waals surface area contributed by atoms with Gasteiger partial charge in [-0.15, -0.1) is 0 Å². The summed E-state index contributed by atoms with van der Waals surface area (Å²) in [6.07, 6.45) is 23.1. The number of aromatic nitrogens is 1. The predicted molar refractivity (Wildman–Crippen MR) is 187 cm³/mol. The van der Waals surface area contributed by atoms with Crippen LogP contribution in [0.25, 0.3) is 33.5 Å². The first kappa shape index (κ1) is 29.5. The van der Waals surface area contributed by atoms with Crippen LogP contribution in [-0.4, -0.2) is 4.98 Å². The molecule has 0 amide bonds. The van der Waals surface area contributed by atoms with E-state index in [1.54, 1.807) is 11.1 Å². The van der Waals surface area contributed by atoms with E-state index in [2.05, 4.69) is 92.8 Å². The van der Waals surface area contributed by atoms with E-state index in [4.69, 9.17) is 4.98 Å². The fourth-order valence-corrected chi connectivity index (χ4v) is 9.58. The molecule has 0 bridgehead atoms. The first-order chi connectivity index (χ1) is 21.7. The molecule has 228 valence electrons. The van der Waals surface area contributed by atoms with Gasteiger partial charge in [0.2, 0.25) is 0 Å². The Kier molecular flexibility index (Phi) is 8.50. The Balaban J connectivity index is 1.19. The molecule has 2 fully saturated rings. The molecule has 44 heavy (non-hydrogen) atoms. The first-order valence-electron chi connectivity index (χ1n) is 18.0. The van der Waals surface area contributed by atoms with Crippen molar-refractivity contribution in [1.82, 2.24) is 4.98 Å². The number of unbranched alkanes of at least 4 members (excludes halogenated alkanes) is 6. The molecule has 1 nitrogen and oxygen atoms in total. The zero-order chi connectivity index (χ0) is 30.0. The van der Waals surface area contributed by atoms with Crippen LogP contribution in [0.2, 0.25) is 0 Å². The number of aryl methyl sites for hydroxylation is 2. The molecule has 3 aromatic carbocycles. The van der Waals surface area contributed by atoms with Crippen molar-refractivity contribution in [2.24, 2.45) is 0 Å². The van der Waals surface area contributed by atoms with Crippen molar-refractivity contribution in [3.05, 3.63) is 101 Å². The number of nitrogens with zero attached hydrogens (tertiary/aromatic N) is 1. The summed E-state index contributed by atoms with van der Waals surface area (Å²) in [5, 5.41) is 0. The smallest absolute Gasteiger partial charge is 0.0702 e. The molecule has 0 spiro atoms. The molecule has 4 aromatic rings. The number of hydrogen-bond acceptors (Lipinski definition) is 1. The fourth-order valence-electron chi connectivity index (χ4n) is 9.58. The van der Waals surface area contributed by atoms with Crippen LogP contribution in [0.1, 0.15) is 126 Å². The fraction of sp³-hybridized carbons (Fsp3) is 0.465. The van der Waals surface area contributed by atoms with Crippen molar-refractivity contribution in [2.45, 2.75) is 127 Å². The highest BCUT2D eigenvalue weighted by Crippen LogP contribution is 2.69. The van der Waals surface area contributed by atoms with Gasteiger partial charge in [-0.25, -0.2) is 0 Å². The molecule has 0 radical (unpaired) electrons. The third-order valence-electron chi connectivity index (χ3n) is 11.7. The van der Waals surface area contributed by atoms with Gasteiger partial charge in [0.1, 0.15) is 0 Å². The summed E-state index contributed by atoms with van der Waals surface area (Å²) in [6, 6.07) is 28.6. The molecule has 0 unspecified atom stereocenters. The molecule has 0 atom stereocenters. The largest absolute Gasteiger partial charge is 0.256 e. The van der Waals surface area contributed by atoms with Crippen molar-refractivity contribution in [3.63, 3.8) is 0 Å². The minimum absolute atomic E-state index is 0.303. The Labute approximate surface area is 266 Å². The van der Waals surface area contributed by atoms with Crippen LogP contribution >= 0.6 is 0 Å². The van der Waals surface area contributed by atoms with Gasteiger partial charge < -0.3 is 0 Å². The third-order valence-corrected chi connectivity index (χ3v) is 11.7. The molecular weight excluding hydrogens is 530 g/mol. The van der Waals surface area contributed by atoms with Crippen LogP contribution in [0.15, 0.2) is 79.0 Å². The predicted octanol–water partition coefficient (Wildman–Crippen LogP) is 12.2. The van der Waals surface area contributed by atoms with Crippen molar-refractivity contribution in [3.8, 4) is 33.5 Å². The van der Waals surface area contributed by atoms with E-state index in [9.17, 15) is 0 Å². The monoisotopic (exact) mass is 581 g/mol. The minimum Gasteiger partial charge on any atom is -0.256 e. The Bertz CT molecular complexity index is 1550. The van der Waals surface area contributed by atoms with E-state index < -0.39 is 0 Å². The Morgan fingerprint density at radius 1 is 0.545 bits per heavy atom. The number of hydrogen-bond donors (Lipinski definition) is 0. The van der Waals surface area contributed by atoms with Gasteiger partial charge >= 0.3 is 0 Å². The van der Waals surface area contributed by atoms with E-state index in [1.807, 2.05) is 0 Å². The van der Waals surface area contributed by atoms with Gasteiger partial charge in [-0.1, -0.05) is 126 Å². The van der Waals surface area contributed by atoms with E-state index in [1.165, 1.54) is 142 Å². The number of pyridine rings is 1. The SMILES string of the molecule is CCCCCCc1cc(CCCCCC)cc(-c2ccc(-c3ccc4c(c3)C35CCCC3(CCC5)c3ccccc3-4)nc2)c1. The summed E-state index contributed by atoms with van der Waals surface area (Å²) < 4.78 is 0. The molecular formula is C43H51N. The average molecular weight is 582 g/mol. The summed E-state index contributed by atoms with van der Waals surface area (Å²) in [7, 11) is 0. The Hall–Kier alpha value is -3.19. The molecule has 1 heterocycles. The van der Waals surface area contributed by atoms with Gasteiger partial charge in [0.15, 0.2) is 0 Å². The van der Waals surface area contributed by atoms with Crippen molar-refractivity contribution in [2.75, 3.05) is 0 Å². The summed E-state index contributed by atoms with van der Waals surface area (Å²) in [4.78, 5) is 5.12. The Morgan fingerprint density at radius 3 is 1.80 bits per heavy atom. The minimum atomic E-state index is 0.303. The lowest BCUT2D eigenvalue weighted by molar-refractivity contribution is 0.299. The molecule has 1 aromatic heterocycles. The number of rotatable bonds is 12. The summed E-state index contributed by atoms with van der Waals surface area (Å²) in [5.74, 6) is 0. The van der Waals surface area contributed by atoms with Gasteiger partial charge in [0.25, 0.3) is 0 Å². The molecule has 1 heteroatoms. The lowest BCUT2D eigenvalue weighted by Gasteiger charge is -2.48. The van der Waals surface area contributed by atoms with Crippen molar-refractivity contribution in [1.29, 1.82) is 0 Å². The maximum atomic E-state index is 5.12. The second kappa shape index (κ2) is 12.7. The van der Waals surface area contributed by atoms with Gasteiger partial charge in [0.05, 0.1) is 5.69 Å². The maximum absolute atomic E-state index is 5.12. The number of benzene rings is 3. The van der Waals surface area contributed by atoms with Crippen LogP contribution in [0.3, 0.4) is 0 Å². The standard InChI is InChI=1S/C43H51N/c1-3-5-7-9-15-32-27-33(16-10-8-6-4-2)29-36(28-32)35-20-22-41(44-31-35)34-19-21-38-37-17-11-12-18-39(37)42-23-13-25-43(42,26-14-24-42)40(38)30-34/h11-12,17-22,27-31H,3-10,13-16,23-26H2,1-2H3. The molecule has 7 rings (SSSR count). The van der Waals surface area contributed by atoms with E-state index >= 15 is 0 Å². The molecule has 0 saturated heterocycles. The highest BCUT2D eigenvalue weighted by atomic mass is 14.7. The topological polar surface area (TPSA) is 12.9 Å². The van der Waals surface area contributed by atoms with Crippen LogP contribution in [-0.2, 0) is 23.7 Å². The molecule has 2 saturated carbocycles. The normalized spacial score (nSPS) is 21.5. The summed E-state index contributed by atoms with van der Waals surface area (Å²) in [6.45, 7) is 4.59. The quantitative estimate of drug-likeness (QED) is 0.152. The van der Waals surface area contributed by atoms with E-state index in [-0.39, 0.29) is 0 Å². The van der Waals surface area contributed by atoms with Crippen LogP contribution in [0.5, 0.6) is 0 Å². The van der Waals surface area contributed by atoms with Crippen LogP contribution < -0.4 is 0 Å². The third kappa shape index (κ3) is 5.15. The highest BCUT2D eigenvalue weighted by molar-refractivity contribution is 5.81. The second-order valence-corrected chi connectivity index (χ2v) is 14.3. The van der Waals surface area contributed by atoms with Gasteiger partial charge in [-0.2, -0.15) is 0 Å². The number of fused-ring (bicyclic) bond motifs is 3. The first-order valence-corrected chi connectivity index (χ1v) is 18.0. The van der Waals surface area contributed by atoms with E-state index in [0.29, 0.717) is 10.8 Å². The van der Waals surface area contributed by atoms with Gasteiger partial charge in [-0.3, -0.25) is 4.98 Å². The Morgan fingerprint density at radius 2 is 1.16 bits per heavy atom. The lowest BCUT2D eigenvalue weighted by atomic mass is 9.55. The van der Waals surface area contributed by atoms with E-state index in [0.717, 1.165) is 5.69 Å². The van der Waals surface area contributed by atoms with Gasteiger partial charge in [-0.05, 0) is 102 Å². The molecule has 0 aliphatic heterocycles. The van der Waals surface area contributed by atoms with Crippen LogP contribution in [0, 0.1) is 0 Å². The van der Waals surface area contributed by atoms with Crippen molar-refractivity contribution >= 4 is 0 Å². The summed E-state index contributed by atoms with van der Waals surface area (Å²) >= 11 is 0. The second-order valence-electron chi connectivity index (χ2n) is 14.3. The highest BCUT2D eigenvalue weighted by Gasteiger charge is 2.62. The van der Waals surface area contributed by atoms with Crippen molar-refractivity contribution < 1.29 is 0 Å². The average Bonchev–Trinajstić information content (AvgIpc) is 3.64.